The normalized spacial score (nSPS) is 25.4. The second-order valence-corrected chi connectivity index (χ2v) is 9.60. The van der Waals surface area contributed by atoms with Gasteiger partial charge in [0.1, 0.15) is 17.1 Å². The van der Waals surface area contributed by atoms with Crippen molar-refractivity contribution in [3.63, 3.8) is 0 Å². The van der Waals surface area contributed by atoms with Crippen molar-refractivity contribution in [2.75, 3.05) is 0 Å². The van der Waals surface area contributed by atoms with Gasteiger partial charge in [-0.15, -0.1) is 0 Å². The number of ether oxygens (including phenoxy) is 2. The van der Waals surface area contributed by atoms with E-state index in [1.54, 1.807) is 0 Å². The number of carbonyl (C=O) groups is 1. The van der Waals surface area contributed by atoms with Crippen molar-refractivity contribution in [1.29, 1.82) is 0 Å². The fraction of sp³-hybridized carbons (Fsp3) is 0.720. The van der Waals surface area contributed by atoms with Crippen molar-refractivity contribution in [2.24, 2.45) is 11.8 Å². The zero-order chi connectivity index (χ0) is 20.3. The summed E-state index contributed by atoms with van der Waals surface area (Å²) in [6.07, 6.45) is 10.9. The maximum absolute atomic E-state index is 11.8. The van der Waals surface area contributed by atoms with Gasteiger partial charge in [0.2, 0.25) is 0 Å². The molecule has 1 saturated carbocycles. The molecule has 3 nitrogen and oxygen atoms in total. The Balaban J connectivity index is 1.91. The zero-order valence-electron chi connectivity index (χ0n) is 18.5. The molecule has 3 atom stereocenters. The van der Waals surface area contributed by atoms with Gasteiger partial charge in [0.05, 0.1) is 0 Å². The summed E-state index contributed by atoms with van der Waals surface area (Å²) in [7, 11) is 0. The van der Waals surface area contributed by atoms with Crippen molar-refractivity contribution in [2.45, 2.75) is 104 Å². The number of hydrogen-bond donors (Lipinski definition) is 0. The molecule has 0 N–H and O–H groups in total. The third kappa shape index (κ3) is 4.72. The molecule has 156 valence electrons. The van der Waals surface area contributed by atoms with E-state index in [1.807, 2.05) is 0 Å². The van der Waals surface area contributed by atoms with Crippen LogP contribution in [-0.2, 0) is 11.2 Å². The van der Waals surface area contributed by atoms with E-state index in [-0.39, 0.29) is 11.6 Å². The summed E-state index contributed by atoms with van der Waals surface area (Å²) in [6.45, 7) is 10.5. The van der Waals surface area contributed by atoms with E-state index >= 15 is 0 Å². The fourth-order valence-corrected chi connectivity index (χ4v) is 5.31. The molecule has 0 radical (unpaired) electrons. The quantitative estimate of drug-likeness (QED) is 0.293. The van der Waals surface area contributed by atoms with Gasteiger partial charge < -0.3 is 9.47 Å². The van der Waals surface area contributed by atoms with Crippen LogP contribution in [0.4, 0.5) is 0 Å². The number of esters is 1. The van der Waals surface area contributed by atoms with Gasteiger partial charge in [0.15, 0.2) is 0 Å². The van der Waals surface area contributed by atoms with Gasteiger partial charge in [-0.1, -0.05) is 46.0 Å². The molecule has 0 bridgehead atoms. The van der Waals surface area contributed by atoms with Crippen LogP contribution in [0.1, 0.15) is 103 Å². The minimum atomic E-state index is -0.243. The molecule has 0 spiro atoms. The largest absolute Gasteiger partial charge is 0.487 e. The SMILES string of the molecule is CCCCCCCc1cc(OC(C)=O)c2c(c1)OC(C)(C)[C@@H]1CCC(C)C[C@@H]21. The molecule has 1 aromatic carbocycles. The molecule has 1 fully saturated rings. The van der Waals surface area contributed by atoms with Crippen LogP contribution < -0.4 is 9.47 Å². The molecule has 1 aliphatic heterocycles. The van der Waals surface area contributed by atoms with Crippen LogP contribution in [0.25, 0.3) is 0 Å². The molecule has 1 aliphatic carbocycles. The predicted octanol–water partition coefficient (Wildman–Crippen LogP) is 6.82. The van der Waals surface area contributed by atoms with Crippen LogP contribution in [0.15, 0.2) is 12.1 Å². The Morgan fingerprint density at radius 2 is 1.93 bits per heavy atom. The van der Waals surface area contributed by atoms with E-state index in [0.29, 0.717) is 17.8 Å². The third-order valence-corrected chi connectivity index (χ3v) is 6.74. The van der Waals surface area contributed by atoms with Crippen LogP contribution in [0.2, 0.25) is 0 Å². The number of aryl methyl sites for hydroxylation is 1. The molecular weight excluding hydrogens is 348 g/mol. The number of carbonyl (C=O) groups excluding carboxylic acids is 1. The summed E-state index contributed by atoms with van der Waals surface area (Å²) in [5.41, 5.74) is 2.19. The van der Waals surface area contributed by atoms with E-state index in [0.717, 1.165) is 29.9 Å². The first-order chi connectivity index (χ1) is 13.3. The van der Waals surface area contributed by atoms with Crippen molar-refractivity contribution in [1.82, 2.24) is 0 Å². The number of rotatable bonds is 7. The first kappa shape index (κ1) is 21.2. The van der Waals surface area contributed by atoms with Gasteiger partial charge in [-0.3, -0.25) is 4.79 Å². The lowest BCUT2D eigenvalue weighted by molar-refractivity contribution is -0.132. The summed E-state index contributed by atoms with van der Waals surface area (Å²) in [4.78, 5) is 11.8. The number of hydrogen-bond acceptors (Lipinski definition) is 3. The zero-order valence-corrected chi connectivity index (χ0v) is 18.5. The lowest BCUT2D eigenvalue weighted by Gasteiger charge is -2.49. The van der Waals surface area contributed by atoms with Gasteiger partial charge in [-0.05, 0) is 69.1 Å². The van der Waals surface area contributed by atoms with Gasteiger partial charge in [-0.25, -0.2) is 0 Å². The Labute approximate surface area is 171 Å². The molecule has 1 unspecified atom stereocenters. The fourth-order valence-electron chi connectivity index (χ4n) is 5.31. The second kappa shape index (κ2) is 8.88. The highest BCUT2D eigenvalue weighted by molar-refractivity contribution is 5.71. The Morgan fingerprint density at radius 1 is 1.18 bits per heavy atom. The predicted molar refractivity (Wildman–Crippen MR) is 114 cm³/mol. The maximum Gasteiger partial charge on any atom is 0.308 e. The van der Waals surface area contributed by atoms with E-state index in [4.69, 9.17) is 9.47 Å². The molecular formula is C25H38O3. The number of benzene rings is 1. The van der Waals surface area contributed by atoms with Crippen LogP contribution in [-0.4, -0.2) is 11.6 Å². The van der Waals surface area contributed by atoms with Crippen LogP contribution in [0.3, 0.4) is 0 Å². The smallest absolute Gasteiger partial charge is 0.308 e. The standard InChI is InChI=1S/C25H38O3/c1-6-7-8-9-10-11-19-15-22(27-18(3)26)24-20-14-17(2)12-13-21(20)25(4,5)28-23(24)16-19/h15-17,20-21H,6-14H2,1-5H3/t17?,20-,21-/m1/s1. The molecule has 1 heterocycles. The molecule has 0 aromatic heterocycles. The molecule has 28 heavy (non-hydrogen) atoms. The first-order valence-electron chi connectivity index (χ1n) is 11.4. The summed E-state index contributed by atoms with van der Waals surface area (Å²) in [5.74, 6) is 3.04. The second-order valence-electron chi connectivity index (χ2n) is 9.60. The Kier molecular flexibility index (Phi) is 6.73. The van der Waals surface area contributed by atoms with Gasteiger partial charge in [0.25, 0.3) is 0 Å². The van der Waals surface area contributed by atoms with Crippen molar-refractivity contribution in [3.8, 4) is 11.5 Å². The molecule has 2 aliphatic rings. The maximum atomic E-state index is 11.8. The van der Waals surface area contributed by atoms with Gasteiger partial charge >= 0.3 is 5.97 Å². The minimum absolute atomic E-state index is 0.176. The van der Waals surface area contributed by atoms with Gasteiger partial charge in [0, 0.05) is 18.4 Å². The van der Waals surface area contributed by atoms with Crippen molar-refractivity contribution < 1.29 is 14.3 Å². The van der Waals surface area contributed by atoms with Gasteiger partial charge in [-0.2, -0.15) is 0 Å². The topological polar surface area (TPSA) is 35.5 Å². The van der Waals surface area contributed by atoms with Crippen molar-refractivity contribution in [3.05, 3.63) is 23.3 Å². The van der Waals surface area contributed by atoms with E-state index in [2.05, 4.69) is 39.8 Å². The highest BCUT2D eigenvalue weighted by Gasteiger charge is 2.47. The third-order valence-electron chi connectivity index (χ3n) is 6.74. The van der Waals surface area contributed by atoms with E-state index in [9.17, 15) is 4.79 Å². The lowest BCUT2D eigenvalue weighted by atomic mass is 9.64. The number of unbranched alkanes of at least 4 members (excludes halogenated alkanes) is 4. The summed E-state index contributed by atoms with van der Waals surface area (Å²) >= 11 is 0. The van der Waals surface area contributed by atoms with Crippen LogP contribution >= 0.6 is 0 Å². The highest BCUT2D eigenvalue weighted by Crippen LogP contribution is 2.55. The Hall–Kier alpha value is -1.51. The number of fused-ring (bicyclic) bond motifs is 3. The monoisotopic (exact) mass is 386 g/mol. The van der Waals surface area contributed by atoms with Crippen molar-refractivity contribution >= 4 is 5.97 Å². The lowest BCUT2D eigenvalue weighted by Crippen LogP contribution is -2.46. The average molecular weight is 387 g/mol. The summed E-state index contributed by atoms with van der Waals surface area (Å²) in [5, 5.41) is 0. The summed E-state index contributed by atoms with van der Waals surface area (Å²) < 4.78 is 12.3. The molecule has 0 saturated heterocycles. The average Bonchev–Trinajstić information content (AvgIpc) is 2.59. The Bertz CT molecular complexity index is 691. The molecule has 3 rings (SSSR count). The molecule has 0 amide bonds. The highest BCUT2D eigenvalue weighted by atomic mass is 16.5. The van der Waals surface area contributed by atoms with Crippen LogP contribution in [0, 0.1) is 11.8 Å². The van der Waals surface area contributed by atoms with E-state index < -0.39 is 0 Å². The first-order valence-corrected chi connectivity index (χ1v) is 11.4. The molecule has 1 aromatic rings. The Morgan fingerprint density at radius 3 is 2.64 bits per heavy atom. The molecule has 3 heteroatoms. The van der Waals surface area contributed by atoms with Crippen LogP contribution in [0.5, 0.6) is 11.5 Å². The minimum Gasteiger partial charge on any atom is -0.487 e. The summed E-state index contributed by atoms with van der Waals surface area (Å²) in [6, 6.07) is 4.33. The van der Waals surface area contributed by atoms with E-state index in [1.165, 1.54) is 57.4 Å².